The van der Waals surface area contributed by atoms with Gasteiger partial charge in [-0.05, 0) is 41.8 Å². The Morgan fingerprint density at radius 1 is 0.926 bits per heavy atom. The van der Waals surface area contributed by atoms with Crippen molar-refractivity contribution >= 4 is 11.5 Å². The maximum atomic E-state index is 5.35. The van der Waals surface area contributed by atoms with Gasteiger partial charge in [0.15, 0.2) is 0 Å². The number of ether oxygens (including phenoxy) is 1. The van der Waals surface area contributed by atoms with Gasteiger partial charge in [0.05, 0.1) is 24.3 Å². The molecule has 0 saturated carbocycles. The molecule has 2 heterocycles. The van der Waals surface area contributed by atoms with Gasteiger partial charge in [0.25, 0.3) is 0 Å². The zero-order chi connectivity index (χ0) is 18.4. The van der Waals surface area contributed by atoms with Crippen LogP contribution in [0.5, 0.6) is 5.75 Å². The summed E-state index contributed by atoms with van der Waals surface area (Å²) < 4.78 is 5.35. The molecule has 3 nitrogen and oxygen atoms in total. The molecular weight excluding hydrogens is 332 g/mol. The molecule has 1 fully saturated rings. The van der Waals surface area contributed by atoms with Gasteiger partial charge in [-0.25, -0.2) is 4.99 Å². The van der Waals surface area contributed by atoms with Gasteiger partial charge in [0.2, 0.25) is 0 Å². The monoisotopic (exact) mass is 354 g/mol. The number of hydrogen-bond donors (Lipinski definition) is 0. The standard InChI is InChI=1S/C24H22N2O/c1-24(19-9-4-3-5-10-19)22(17-12-14-20(27-2)15-13-17)26-16-18-8-6-7-11-21(18)25-23(24)26/h3-15,22H,16H2,1-2H3/t22-,24+/m0/s1. The Balaban J connectivity index is 1.65. The molecule has 2 aliphatic rings. The second-order valence-corrected chi connectivity index (χ2v) is 7.44. The van der Waals surface area contributed by atoms with Gasteiger partial charge in [-0.2, -0.15) is 0 Å². The third-order valence-corrected chi connectivity index (χ3v) is 5.96. The number of amidine groups is 1. The van der Waals surface area contributed by atoms with E-state index in [4.69, 9.17) is 9.73 Å². The first-order chi connectivity index (χ1) is 13.2. The maximum Gasteiger partial charge on any atom is 0.119 e. The number of aliphatic imine (C=N–C) groups is 1. The van der Waals surface area contributed by atoms with Gasteiger partial charge in [0, 0.05) is 6.54 Å². The molecule has 0 spiro atoms. The summed E-state index contributed by atoms with van der Waals surface area (Å²) in [5.41, 5.74) is 4.83. The number of rotatable bonds is 3. The zero-order valence-corrected chi connectivity index (χ0v) is 15.6. The van der Waals surface area contributed by atoms with E-state index in [0.29, 0.717) is 0 Å². The van der Waals surface area contributed by atoms with Crippen LogP contribution < -0.4 is 4.74 Å². The average Bonchev–Trinajstić information content (AvgIpc) is 2.74. The normalized spacial score (nSPS) is 23.0. The average molecular weight is 354 g/mol. The summed E-state index contributed by atoms with van der Waals surface area (Å²) in [5.74, 6) is 2.05. The molecule has 0 amide bonds. The highest BCUT2D eigenvalue weighted by molar-refractivity contribution is 6.02. The Hall–Kier alpha value is -3.07. The molecule has 134 valence electrons. The van der Waals surface area contributed by atoms with E-state index in [1.807, 2.05) is 12.1 Å². The number of methoxy groups -OCH3 is 1. The van der Waals surface area contributed by atoms with Crippen LogP contribution in [0.3, 0.4) is 0 Å². The van der Waals surface area contributed by atoms with Crippen molar-refractivity contribution in [1.29, 1.82) is 0 Å². The van der Waals surface area contributed by atoms with Gasteiger partial charge < -0.3 is 9.64 Å². The largest absolute Gasteiger partial charge is 0.497 e. The first-order valence-corrected chi connectivity index (χ1v) is 9.35. The van der Waals surface area contributed by atoms with E-state index >= 15 is 0 Å². The minimum atomic E-state index is -0.149. The molecule has 0 N–H and O–H groups in total. The van der Waals surface area contributed by atoms with E-state index in [1.54, 1.807) is 7.11 Å². The molecule has 0 radical (unpaired) electrons. The van der Waals surface area contributed by atoms with Gasteiger partial charge in [-0.1, -0.05) is 60.7 Å². The van der Waals surface area contributed by atoms with Gasteiger partial charge >= 0.3 is 0 Å². The van der Waals surface area contributed by atoms with Crippen molar-refractivity contribution in [1.82, 2.24) is 4.90 Å². The van der Waals surface area contributed by atoms with E-state index in [2.05, 4.69) is 78.6 Å². The SMILES string of the molecule is COc1ccc([C@@H]2N3Cc4ccccc4N=C3[C@]2(C)c2ccccc2)cc1. The molecule has 0 aromatic heterocycles. The molecule has 0 bridgehead atoms. The van der Waals surface area contributed by atoms with Crippen LogP contribution in [0.4, 0.5) is 5.69 Å². The number of benzene rings is 3. The third kappa shape index (κ3) is 2.31. The topological polar surface area (TPSA) is 24.8 Å². The van der Waals surface area contributed by atoms with Gasteiger partial charge in [0.1, 0.15) is 11.6 Å². The molecule has 2 aliphatic heterocycles. The lowest BCUT2D eigenvalue weighted by atomic mass is 9.64. The van der Waals surface area contributed by atoms with Crippen LogP contribution in [-0.2, 0) is 12.0 Å². The van der Waals surface area contributed by atoms with Crippen molar-refractivity contribution in [3.63, 3.8) is 0 Å². The Labute approximate surface area is 159 Å². The molecular formula is C24H22N2O. The predicted molar refractivity (Wildman–Crippen MR) is 109 cm³/mol. The van der Waals surface area contributed by atoms with E-state index in [-0.39, 0.29) is 11.5 Å². The van der Waals surface area contributed by atoms with Crippen molar-refractivity contribution < 1.29 is 4.74 Å². The highest BCUT2D eigenvalue weighted by atomic mass is 16.5. The lowest BCUT2D eigenvalue weighted by Crippen LogP contribution is -2.64. The van der Waals surface area contributed by atoms with Crippen molar-refractivity contribution in [2.45, 2.75) is 24.9 Å². The van der Waals surface area contributed by atoms with Crippen molar-refractivity contribution in [3.8, 4) is 5.75 Å². The van der Waals surface area contributed by atoms with Crippen molar-refractivity contribution in [2.24, 2.45) is 4.99 Å². The van der Waals surface area contributed by atoms with Crippen LogP contribution in [0.2, 0.25) is 0 Å². The molecule has 27 heavy (non-hydrogen) atoms. The minimum Gasteiger partial charge on any atom is -0.497 e. The number of fused-ring (bicyclic) bond motifs is 2. The summed E-state index contributed by atoms with van der Waals surface area (Å²) in [7, 11) is 1.71. The second-order valence-electron chi connectivity index (χ2n) is 7.44. The fourth-order valence-electron chi connectivity index (χ4n) is 4.56. The van der Waals surface area contributed by atoms with Gasteiger partial charge in [-0.3, -0.25) is 0 Å². The van der Waals surface area contributed by atoms with Crippen LogP contribution in [-0.4, -0.2) is 17.8 Å². The summed E-state index contributed by atoms with van der Waals surface area (Å²) in [6.07, 6.45) is 0. The lowest BCUT2D eigenvalue weighted by molar-refractivity contribution is 0.144. The lowest BCUT2D eigenvalue weighted by Gasteiger charge is -2.59. The highest BCUT2D eigenvalue weighted by Gasteiger charge is 2.57. The Kier molecular flexibility index (Phi) is 3.57. The van der Waals surface area contributed by atoms with Crippen molar-refractivity contribution in [3.05, 3.63) is 95.6 Å². The van der Waals surface area contributed by atoms with Crippen LogP contribution in [0, 0.1) is 0 Å². The Bertz CT molecular complexity index is 1010. The van der Waals surface area contributed by atoms with E-state index in [0.717, 1.165) is 23.8 Å². The van der Waals surface area contributed by atoms with Crippen LogP contribution in [0.1, 0.15) is 29.7 Å². The minimum absolute atomic E-state index is 0.149. The fraction of sp³-hybridized carbons (Fsp3) is 0.208. The van der Waals surface area contributed by atoms with Crippen LogP contribution >= 0.6 is 0 Å². The molecule has 3 aromatic carbocycles. The zero-order valence-electron chi connectivity index (χ0n) is 15.6. The van der Waals surface area contributed by atoms with Crippen LogP contribution in [0.25, 0.3) is 0 Å². The summed E-state index contributed by atoms with van der Waals surface area (Å²) in [4.78, 5) is 7.51. The predicted octanol–water partition coefficient (Wildman–Crippen LogP) is 5.25. The quantitative estimate of drug-likeness (QED) is 0.641. The molecule has 2 atom stereocenters. The second kappa shape index (κ2) is 5.98. The fourth-order valence-corrected chi connectivity index (χ4v) is 4.56. The Morgan fingerprint density at radius 3 is 2.37 bits per heavy atom. The molecule has 5 rings (SSSR count). The maximum absolute atomic E-state index is 5.35. The number of nitrogens with zero attached hydrogens (tertiary/aromatic N) is 2. The number of hydrogen-bond acceptors (Lipinski definition) is 3. The summed E-state index contributed by atoms with van der Waals surface area (Å²) in [5, 5.41) is 0. The Morgan fingerprint density at radius 2 is 1.63 bits per heavy atom. The van der Waals surface area contributed by atoms with Crippen molar-refractivity contribution in [2.75, 3.05) is 7.11 Å². The molecule has 3 aromatic rings. The van der Waals surface area contributed by atoms with E-state index in [9.17, 15) is 0 Å². The van der Waals surface area contributed by atoms with E-state index in [1.165, 1.54) is 16.7 Å². The summed E-state index contributed by atoms with van der Waals surface area (Å²) in [6, 6.07) is 27.9. The molecule has 3 heteroatoms. The summed E-state index contributed by atoms with van der Waals surface area (Å²) >= 11 is 0. The smallest absolute Gasteiger partial charge is 0.119 e. The third-order valence-electron chi connectivity index (χ3n) is 5.96. The first-order valence-electron chi connectivity index (χ1n) is 9.35. The highest BCUT2D eigenvalue weighted by Crippen LogP contribution is 2.55. The molecule has 0 unspecified atom stereocenters. The summed E-state index contributed by atoms with van der Waals surface area (Å²) in [6.45, 7) is 3.22. The number of para-hydroxylation sites is 1. The van der Waals surface area contributed by atoms with Crippen LogP contribution in [0.15, 0.2) is 83.9 Å². The van der Waals surface area contributed by atoms with Gasteiger partial charge in [-0.15, -0.1) is 0 Å². The molecule has 1 saturated heterocycles. The van der Waals surface area contributed by atoms with E-state index < -0.39 is 0 Å². The molecule has 0 aliphatic carbocycles. The first kappa shape index (κ1) is 16.1.